The number of benzene rings is 1. The van der Waals surface area contributed by atoms with Crippen LogP contribution in [-0.4, -0.2) is 19.3 Å². The van der Waals surface area contributed by atoms with E-state index in [1.165, 1.54) is 3.57 Å². The number of nitrogens with zero attached hydrogens (tertiary/aromatic N) is 4. The molecular formula is C15H16ClIN4. The molecule has 0 amide bonds. The molecule has 4 nitrogen and oxygen atoms in total. The number of aryl methyl sites for hydroxylation is 2. The Bertz CT molecular complexity index is 734. The monoisotopic (exact) mass is 414 g/mol. The molecule has 21 heavy (non-hydrogen) atoms. The molecule has 1 aromatic carbocycles. The lowest BCUT2D eigenvalue weighted by Crippen LogP contribution is -2.08. The van der Waals surface area contributed by atoms with E-state index in [-0.39, 0.29) is 5.38 Å². The van der Waals surface area contributed by atoms with Crippen LogP contribution in [-0.2, 0) is 13.1 Å². The van der Waals surface area contributed by atoms with Gasteiger partial charge in [0.2, 0.25) is 0 Å². The van der Waals surface area contributed by atoms with Crippen molar-refractivity contribution in [1.82, 2.24) is 19.3 Å². The maximum Gasteiger partial charge on any atom is 0.127 e. The third-order valence-corrected chi connectivity index (χ3v) is 4.29. The summed E-state index contributed by atoms with van der Waals surface area (Å²) in [6.45, 7) is 3.76. The second-order valence-electron chi connectivity index (χ2n) is 4.99. The van der Waals surface area contributed by atoms with E-state index in [0.717, 1.165) is 36.4 Å². The van der Waals surface area contributed by atoms with E-state index >= 15 is 0 Å². The summed E-state index contributed by atoms with van der Waals surface area (Å²) in [6, 6.07) is 8.28. The minimum Gasteiger partial charge on any atom is -0.327 e. The molecule has 0 saturated carbocycles. The van der Waals surface area contributed by atoms with Crippen LogP contribution in [0.5, 0.6) is 0 Å². The molecule has 0 N–H and O–H groups in total. The maximum absolute atomic E-state index is 6.30. The number of halogens is 2. The van der Waals surface area contributed by atoms with E-state index in [0.29, 0.717) is 0 Å². The molecule has 0 spiro atoms. The number of hydrogen-bond acceptors (Lipinski definition) is 2. The van der Waals surface area contributed by atoms with Crippen LogP contribution in [0.15, 0.2) is 36.7 Å². The predicted octanol–water partition coefficient (Wildman–Crippen LogP) is 4.23. The van der Waals surface area contributed by atoms with Crippen molar-refractivity contribution in [2.24, 2.45) is 0 Å². The molecule has 0 aliphatic carbocycles. The van der Waals surface area contributed by atoms with Crippen molar-refractivity contribution in [3.8, 4) is 0 Å². The van der Waals surface area contributed by atoms with Crippen molar-refractivity contribution in [2.75, 3.05) is 0 Å². The summed E-state index contributed by atoms with van der Waals surface area (Å²) >= 11 is 8.60. The Hall–Kier alpha value is -1.08. The SMILES string of the molecule is CC(Cl)c1nc2cc(I)ccc2n1CCCn1cccn1. The van der Waals surface area contributed by atoms with Gasteiger partial charge in [-0.25, -0.2) is 4.98 Å². The quantitative estimate of drug-likeness (QED) is 0.463. The molecule has 1 atom stereocenters. The average Bonchev–Trinajstić information content (AvgIpc) is 3.06. The van der Waals surface area contributed by atoms with Crippen LogP contribution >= 0.6 is 34.2 Å². The number of alkyl halides is 1. The summed E-state index contributed by atoms with van der Waals surface area (Å²) in [5.74, 6) is 0.939. The Labute approximate surface area is 142 Å². The van der Waals surface area contributed by atoms with Crippen LogP contribution in [0.4, 0.5) is 0 Å². The Morgan fingerprint density at radius 3 is 2.90 bits per heavy atom. The smallest absolute Gasteiger partial charge is 0.127 e. The molecule has 110 valence electrons. The Morgan fingerprint density at radius 1 is 1.33 bits per heavy atom. The standard InChI is InChI=1S/C15H16ClIN4/c1-11(16)15-19-13-10-12(17)4-5-14(13)21(15)9-3-8-20-7-2-6-18-20/h2,4-7,10-11H,3,8-9H2,1H3. The first-order chi connectivity index (χ1) is 10.1. The molecule has 2 heterocycles. The van der Waals surface area contributed by atoms with E-state index in [9.17, 15) is 0 Å². The van der Waals surface area contributed by atoms with Gasteiger partial charge in [-0.05, 0) is 60.2 Å². The normalized spacial score (nSPS) is 12.9. The van der Waals surface area contributed by atoms with E-state index in [2.05, 4.69) is 50.5 Å². The Balaban J connectivity index is 1.86. The fourth-order valence-corrected chi connectivity index (χ4v) is 3.13. The van der Waals surface area contributed by atoms with Crippen LogP contribution in [0.25, 0.3) is 11.0 Å². The zero-order chi connectivity index (χ0) is 14.8. The van der Waals surface area contributed by atoms with E-state index < -0.39 is 0 Å². The summed E-state index contributed by atoms with van der Waals surface area (Å²) in [5.41, 5.74) is 2.17. The van der Waals surface area contributed by atoms with Gasteiger partial charge >= 0.3 is 0 Å². The van der Waals surface area contributed by atoms with Gasteiger partial charge in [-0.3, -0.25) is 4.68 Å². The Kier molecular flexibility index (Phi) is 4.49. The number of fused-ring (bicyclic) bond motifs is 1. The Morgan fingerprint density at radius 2 is 2.19 bits per heavy atom. The highest BCUT2D eigenvalue weighted by Gasteiger charge is 2.14. The van der Waals surface area contributed by atoms with Gasteiger partial charge in [0.15, 0.2) is 0 Å². The lowest BCUT2D eigenvalue weighted by atomic mass is 10.3. The lowest BCUT2D eigenvalue weighted by Gasteiger charge is -2.10. The molecule has 1 unspecified atom stereocenters. The van der Waals surface area contributed by atoms with Crippen LogP contribution < -0.4 is 0 Å². The highest BCUT2D eigenvalue weighted by molar-refractivity contribution is 14.1. The minimum atomic E-state index is -0.0974. The van der Waals surface area contributed by atoms with Gasteiger partial charge in [-0.15, -0.1) is 11.6 Å². The second kappa shape index (κ2) is 6.36. The predicted molar refractivity (Wildman–Crippen MR) is 93.6 cm³/mol. The third-order valence-electron chi connectivity index (χ3n) is 3.42. The summed E-state index contributed by atoms with van der Waals surface area (Å²) in [7, 11) is 0. The third kappa shape index (κ3) is 3.23. The van der Waals surface area contributed by atoms with Crippen molar-refractivity contribution in [3.63, 3.8) is 0 Å². The second-order valence-corrected chi connectivity index (χ2v) is 6.89. The molecule has 0 aliphatic rings. The molecule has 0 aliphatic heterocycles. The van der Waals surface area contributed by atoms with Gasteiger partial charge in [0, 0.05) is 29.1 Å². The van der Waals surface area contributed by atoms with Crippen LogP contribution in [0.3, 0.4) is 0 Å². The van der Waals surface area contributed by atoms with Crippen molar-refractivity contribution >= 4 is 45.2 Å². The first-order valence-corrected chi connectivity index (χ1v) is 8.44. The molecule has 0 fully saturated rings. The van der Waals surface area contributed by atoms with Crippen molar-refractivity contribution in [1.29, 1.82) is 0 Å². The molecule has 3 aromatic rings. The highest BCUT2D eigenvalue weighted by atomic mass is 127. The summed E-state index contributed by atoms with van der Waals surface area (Å²) in [5, 5.41) is 4.13. The molecular weight excluding hydrogens is 399 g/mol. The fourth-order valence-electron chi connectivity index (χ4n) is 2.48. The number of imidazole rings is 1. The lowest BCUT2D eigenvalue weighted by molar-refractivity contribution is 0.523. The molecule has 2 aromatic heterocycles. The average molecular weight is 415 g/mol. The molecule has 0 bridgehead atoms. The van der Waals surface area contributed by atoms with Gasteiger partial charge in [0.1, 0.15) is 5.82 Å². The van der Waals surface area contributed by atoms with Crippen LogP contribution in [0.2, 0.25) is 0 Å². The van der Waals surface area contributed by atoms with E-state index in [1.807, 2.05) is 23.9 Å². The van der Waals surface area contributed by atoms with Crippen LogP contribution in [0.1, 0.15) is 24.5 Å². The topological polar surface area (TPSA) is 35.6 Å². The van der Waals surface area contributed by atoms with Crippen molar-refractivity contribution in [2.45, 2.75) is 31.8 Å². The molecule has 6 heteroatoms. The first kappa shape index (κ1) is 14.8. The maximum atomic E-state index is 6.30. The highest BCUT2D eigenvalue weighted by Crippen LogP contribution is 2.26. The van der Waals surface area contributed by atoms with Gasteiger partial charge in [0.05, 0.1) is 16.4 Å². The van der Waals surface area contributed by atoms with E-state index in [1.54, 1.807) is 6.20 Å². The largest absolute Gasteiger partial charge is 0.327 e. The molecule has 0 radical (unpaired) electrons. The van der Waals surface area contributed by atoms with Gasteiger partial charge in [-0.1, -0.05) is 0 Å². The zero-order valence-corrected chi connectivity index (χ0v) is 14.6. The zero-order valence-electron chi connectivity index (χ0n) is 11.7. The van der Waals surface area contributed by atoms with Crippen molar-refractivity contribution in [3.05, 3.63) is 46.1 Å². The minimum absolute atomic E-state index is 0.0974. The molecule has 3 rings (SSSR count). The fraction of sp³-hybridized carbons (Fsp3) is 0.333. The number of rotatable bonds is 5. The number of aromatic nitrogens is 4. The number of hydrogen-bond donors (Lipinski definition) is 0. The summed E-state index contributed by atoms with van der Waals surface area (Å²) < 4.78 is 5.37. The van der Waals surface area contributed by atoms with Gasteiger partial charge in [0.25, 0.3) is 0 Å². The van der Waals surface area contributed by atoms with E-state index in [4.69, 9.17) is 16.6 Å². The first-order valence-electron chi connectivity index (χ1n) is 6.92. The van der Waals surface area contributed by atoms with Crippen LogP contribution in [0, 0.1) is 3.57 Å². The van der Waals surface area contributed by atoms with Gasteiger partial charge in [-0.2, -0.15) is 5.10 Å². The summed E-state index contributed by atoms with van der Waals surface area (Å²) in [4.78, 5) is 4.69. The van der Waals surface area contributed by atoms with Crippen molar-refractivity contribution < 1.29 is 0 Å². The summed E-state index contributed by atoms with van der Waals surface area (Å²) in [6.07, 6.45) is 4.79. The van der Waals surface area contributed by atoms with Gasteiger partial charge < -0.3 is 4.57 Å². The molecule has 0 saturated heterocycles.